The van der Waals surface area contributed by atoms with Crippen molar-refractivity contribution in [1.29, 1.82) is 0 Å². The van der Waals surface area contributed by atoms with Gasteiger partial charge >= 0.3 is 0 Å². The molecule has 2 aromatic rings. The highest BCUT2D eigenvalue weighted by Crippen LogP contribution is 2.23. The van der Waals surface area contributed by atoms with Gasteiger partial charge in [0.1, 0.15) is 4.60 Å². The van der Waals surface area contributed by atoms with Gasteiger partial charge in [0.15, 0.2) is 11.5 Å². The van der Waals surface area contributed by atoms with Crippen molar-refractivity contribution in [3.8, 4) is 0 Å². The Morgan fingerprint density at radius 1 is 1.48 bits per heavy atom. The van der Waals surface area contributed by atoms with Gasteiger partial charge < -0.3 is 14.5 Å². The normalized spacial score (nSPS) is 26.1. The van der Waals surface area contributed by atoms with Gasteiger partial charge in [-0.3, -0.25) is 4.90 Å². The van der Waals surface area contributed by atoms with E-state index in [1.807, 2.05) is 16.8 Å². The minimum Gasteiger partial charge on any atom is -0.373 e. The third kappa shape index (κ3) is 2.65. The topological polar surface area (TPSA) is 54.7 Å². The summed E-state index contributed by atoms with van der Waals surface area (Å²) in [7, 11) is 0. The van der Waals surface area contributed by atoms with Crippen LogP contribution in [0.3, 0.4) is 0 Å². The van der Waals surface area contributed by atoms with Gasteiger partial charge in [0.2, 0.25) is 0 Å². The van der Waals surface area contributed by atoms with Gasteiger partial charge in [-0.05, 0) is 35.3 Å². The van der Waals surface area contributed by atoms with Crippen LogP contribution in [0, 0.1) is 0 Å². The van der Waals surface area contributed by atoms with Crippen molar-refractivity contribution in [2.75, 3.05) is 31.6 Å². The van der Waals surface area contributed by atoms with Crippen LogP contribution in [-0.4, -0.2) is 57.7 Å². The number of hydrogen-bond acceptors (Lipinski definition) is 5. The summed E-state index contributed by atoms with van der Waals surface area (Å²) in [5.74, 6) is 0.793. The van der Waals surface area contributed by atoms with Crippen molar-refractivity contribution in [3.63, 3.8) is 0 Å². The molecular weight excluding hydrogens is 334 g/mol. The molecule has 21 heavy (non-hydrogen) atoms. The third-order valence-corrected chi connectivity index (χ3v) is 4.69. The lowest BCUT2D eigenvalue weighted by Crippen LogP contribution is -2.48. The lowest BCUT2D eigenvalue weighted by atomic mass is 10.2. The van der Waals surface area contributed by atoms with Gasteiger partial charge in [-0.2, -0.15) is 0 Å². The molecule has 0 spiro atoms. The zero-order valence-corrected chi connectivity index (χ0v) is 13.3. The molecule has 2 atom stereocenters. The van der Waals surface area contributed by atoms with Crippen molar-refractivity contribution >= 4 is 27.4 Å². The van der Waals surface area contributed by atoms with Crippen molar-refractivity contribution in [2.45, 2.75) is 25.0 Å². The van der Waals surface area contributed by atoms with E-state index < -0.39 is 0 Å². The molecule has 112 valence electrons. The number of morpholine rings is 1. The number of imidazole rings is 1. The summed E-state index contributed by atoms with van der Waals surface area (Å²) in [5.41, 5.74) is 0.841. The fourth-order valence-corrected chi connectivity index (χ4v) is 3.64. The lowest BCUT2D eigenvalue weighted by molar-refractivity contribution is -0.0415. The molecule has 0 saturated carbocycles. The zero-order valence-electron chi connectivity index (χ0n) is 11.7. The summed E-state index contributed by atoms with van der Waals surface area (Å²) in [5, 5.41) is 3.39. The Morgan fingerprint density at radius 3 is 3.38 bits per heavy atom. The van der Waals surface area contributed by atoms with Crippen molar-refractivity contribution < 1.29 is 4.74 Å². The quantitative estimate of drug-likeness (QED) is 0.913. The van der Waals surface area contributed by atoms with Gasteiger partial charge in [-0.25, -0.2) is 9.97 Å². The van der Waals surface area contributed by atoms with Crippen molar-refractivity contribution in [2.24, 2.45) is 0 Å². The molecule has 0 bridgehead atoms. The minimum absolute atomic E-state index is 0.218. The second kappa shape index (κ2) is 5.55. The Kier molecular flexibility index (Phi) is 3.56. The third-order valence-electron chi connectivity index (χ3n) is 4.30. The van der Waals surface area contributed by atoms with Crippen LogP contribution in [0.15, 0.2) is 23.2 Å². The van der Waals surface area contributed by atoms with E-state index in [0.29, 0.717) is 6.04 Å². The molecule has 4 heterocycles. The smallest absolute Gasteiger partial charge is 0.180 e. The Balaban J connectivity index is 1.45. The Hall–Kier alpha value is -1.18. The van der Waals surface area contributed by atoms with E-state index >= 15 is 0 Å². The molecular formula is C14H18BrN5O. The first-order valence-corrected chi connectivity index (χ1v) is 8.17. The monoisotopic (exact) mass is 351 g/mol. The summed E-state index contributed by atoms with van der Waals surface area (Å²) in [6, 6.07) is 0.643. The zero-order chi connectivity index (χ0) is 14.2. The van der Waals surface area contributed by atoms with E-state index in [2.05, 4.69) is 36.1 Å². The molecule has 0 amide bonds. The van der Waals surface area contributed by atoms with Crippen LogP contribution < -0.4 is 5.32 Å². The van der Waals surface area contributed by atoms with Gasteiger partial charge in [-0.15, -0.1) is 0 Å². The molecule has 2 unspecified atom stereocenters. The number of halogens is 1. The molecule has 2 aliphatic rings. The molecule has 2 saturated heterocycles. The average Bonchev–Trinajstić information content (AvgIpc) is 3.12. The second-order valence-corrected chi connectivity index (χ2v) is 6.51. The highest BCUT2D eigenvalue weighted by Gasteiger charge is 2.32. The Bertz CT molecular complexity index is 645. The molecule has 2 aliphatic heterocycles. The molecule has 2 aromatic heterocycles. The molecule has 0 aromatic carbocycles. The fraction of sp³-hybridized carbons (Fsp3) is 0.571. The highest BCUT2D eigenvalue weighted by atomic mass is 79.9. The summed E-state index contributed by atoms with van der Waals surface area (Å²) >= 11 is 3.43. The van der Waals surface area contributed by atoms with E-state index in [1.54, 1.807) is 6.20 Å². The predicted molar refractivity (Wildman–Crippen MR) is 83.5 cm³/mol. The van der Waals surface area contributed by atoms with Crippen LogP contribution >= 0.6 is 15.9 Å². The predicted octanol–water partition coefficient (Wildman–Crippen LogP) is 1.77. The van der Waals surface area contributed by atoms with E-state index in [1.165, 1.54) is 19.4 Å². The summed E-state index contributed by atoms with van der Waals surface area (Å²) in [4.78, 5) is 11.4. The van der Waals surface area contributed by atoms with E-state index in [-0.39, 0.29) is 6.10 Å². The molecule has 6 nitrogen and oxygen atoms in total. The number of aromatic nitrogens is 3. The average molecular weight is 352 g/mol. The van der Waals surface area contributed by atoms with E-state index in [9.17, 15) is 0 Å². The molecule has 0 radical (unpaired) electrons. The number of fused-ring (bicyclic) bond motifs is 2. The Labute approximate surface area is 131 Å². The Morgan fingerprint density at radius 2 is 2.43 bits per heavy atom. The van der Waals surface area contributed by atoms with Crippen molar-refractivity contribution in [3.05, 3.63) is 23.2 Å². The maximum atomic E-state index is 5.97. The number of nitrogens with zero attached hydrogens (tertiary/aromatic N) is 4. The first kappa shape index (κ1) is 13.5. The summed E-state index contributed by atoms with van der Waals surface area (Å²) in [6.45, 7) is 3.84. The molecule has 1 N–H and O–H groups in total. The van der Waals surface area contributed by atoms with Gasteiger partial charge in [0.05, 0.1) is 12.7 Å². The highest BCUT2D eigenvalue weighted by molar-refractivity contribution is 9.10. The lowest BCUT2D eigenvalue weighted by Gasteiger charge is -2.35. The van der Waals surface area contributed by atoms with Gasteiger partial charge in [-0.1, -0.05) is 0 Å². The van der Waals surface area contributed by atoms with Crippen LogP contribution in [0.2, 0.25) is 0 Å². The number of rotatable bonds is 3. The molecule has 7 heteroatoms. The van der Waals surface area contributed by atoms with Gasteiger partial charge in [0.25, 0.3) is 0 Å². The SMILES string of the molecule is Brc1cn2ccnc2c(NCC2CN3CCCC3CO2)n1. The first-order valence-electron chi connectivity index (χ1n) is 7.38. The number of ether oxygens (including phenoxy) is 1. The maximum absolute atomic E-state index is 5.97. The van der Waals surface area contributed by atoms with Crippen LogP contribution in [0.5, 0.6) is 0 Å². The molecule has 4 rings (SSSR count). The molecule has 2 fully saturated rings. The van der Waals surface area contributed by atoms with E-state index in [4.69, 9.17) is 4.74 Å². The second-order valence-electron chi connectivity index (χ2n) is 5.70. The molecule has 0 aliphatic carbocycles. The fourth-order valence-electron chi connectivity index (χ4n) is 3.24. The largest absolute Gasteiger partial charge is 0.373 e. The van der Waals surface area contributed by atoms with Gasteiger partial charge in [0, 0.05) is 37.7 Å². The van der Waals surface area contributed by atoms with E-state index in [0.717, 1.165) is 35.8 Å². The number of anilines is 1. The number of nitrogens with one attached hydrogen (secondary N) is 1. The summed E-state index contributed by atoms with van der Waals surface area (Å²) < 4.78 is 8.71. The maximum Gasteiger partial charge on any atom is 0.180 e. The summed E-state index contributed by atoms with van der Waals surface area (Å²) in [6.07, 6.45) is 8.40. The van der Waals surface area contributed by atoms with Crippen LogP contribution in [0.1, 0.15) is 12.8 Å². The first-order chi connectivity index (χ1) is 10.3. The minimum atomic E-state index is 0.218. The van der Waals surface area contributed by atoms with Crippen LogP contribution in [0.4, 0.5) is 5.82 Å². The van der Waals surface area contributed by atoms with Crippen LogP contribution in [-0.2, 0) is 4.74 Å². The van der Waals surface area contributed by atoms with Crippen molar-refractivity contribution in [1.82, 2.24) is 19.3 Å². The standard InChI is InChI=1S/C14H18BrN5O/c15-12-8-20-5-3-16-14(20)13(18-12)17-6-11-7-19-4-1-2-10(19)9-21-11/h3,5,8,10-11H,1-2,4,6-7,9H2,(H,17,18). The number of hydrogen-bond donors (Lipinski definition) is 1. The van der Waals surface area contributed by atoms with Crippen LogP contribution in [0.25, 0.3) is 5.65 Å².